The van der Waals surface area contributed by atoms with Crippen molar-refractivity contribution in [3.8, 4) is 0 Å². The van der Waals surface area contributed by atoms with Crippen molar-refractivity contribution in [3.05, 3.63) is 47.3 Å². The van der Waals surface area contributed by atoms with E-state index in [1.54, 1.807) is 23.9 Å². The van der Waals surface area contributed by atoms with Crippen molar-refractivity contribution >= 4 is 16.9 Å². The Morgan fingerprint density at radius 2 is 2.13 bits per heavy atom. The van der Waals surface area contributed by atoms with E-state index in [9.17, 15) is 4.39 Å². The van der Waals surface area contributed by atoms with Crippen LogP contribution >= 0.6 is 11.8 Å². The van der Waals surface area contributed by atoms with Gasteiger partial charge in [0.1, 0.15) is 5.82 Å². The smallest absolute Gasteiger partial charge is 0.168 e. The summed E-state index contributed by atoms with van der Waals surface area (Å²) in [7, 11) is 0. The number of thioether (sulfide) groups is 1. The topological polar surface area (TPSA) is 15.6 Å². The number of rotatable bonds is 1. The van der Waals surface area contributed by atoms with Gasteiger partial charge in [-0.2, -0.15) is 0 Å². The normalized spacial score (nSPS) is 23.1. The van der Waals surface area contributed by atoms with Crippen molar-refractivity contribution in [1.82, 2.24) is 4.90 Å². The molecule has 2 aliphatic rings. The van der Waals surface area contributed by atoms with Gasteiger partial charge in [0.25, 0.3) is 0 Å². The number of hydrogen-bond donors (Lipinski definition) is 0. The molecule has 0 radical (unpaired) electrons. The molecule has 0 N–H and O–H groups in total. The van der Waals surface area contributed by atoms with Gasteiger partial charge in [-0.3, -0.25) is 4.99 Å². The van der Waals surface area contributed by atoms with E-state index in [1.165, 1.54) is 12.1 Å². The summed E-state index contributed by atoms with van der Waals surface area (Å²) in [6.45, 7) is 0.866. The van der Waals surface area contributed by atoms with Crippen LogP contribution in [0.15, 0.2) is 40.9 Å². The van der Waals surface area contributed by atoms with Gasteiger partial charge in [-0.1, -0.05) is 23.9 Å². The maximum Gasteiger partial charge on any atom is 0.168 e. The minimum atomic E-state index is -0.195. The van der Waals surface area contributed by atoms with E-state index in [2.05, 4.69) is 9.89 Å². The third kappa shape index (κ3) is 1.55. The molecule has 0 aliphatic carbocycles. The third-order valence-corrected chi connectivity index (χ3v) is 3.36. The molecule has 0 fully saturated rings. The monoisotopic (exact) mass is 220 g/mol. The maximum atomic E-state index is 12.7. The lowest BCUT2D eigenvalue weighted by Gasteiger charge is -2.10. The Balaban J connectivity index is 1.86. The Morgan fingerprint density at radius 1 is 1.33 bits per heavy atom. The SMILES string of the molecule is Fc1ccc(C2CN3C=CSC3=N2)cc1. The first-order chi connectivity index (χ1) is 7.33. The van der Waals surface area contributed by atoms with Gasteiger partial charge in [0.05, 0.1) is 12.6 Å². The van der Waals surface area contributed by atoms with Gasteiger partial charge in [0.15, 0.2) is 5.17 Å². The average Bonchev–Trinajstić information content (AvgIpc) is 2.78. The first-order valence-electron chi connectivity index (χ1n) is 4.76. The van der Waals surface area contributed by atoms with Crippen LogP contribution in [0.3, 0.4) is 0 Å². The minimum Gasteiger partial charge on any atom is -0.325 e. The lowest BCUT2D eigenvalue weighted by molar-refractivity contribution is 0.557. The molecule has 0 saturated carbocycles. The summed E-state index contributed by atoms with van der Waals surface area (Å²) in [5.41, 5.74) is 1.08. The number of nitrogens with zero attached hydrogens (tertiary/aromatic N) is 2. The summed E-state index contributed by atoms with van der Waals surface area (Å²) in [6, 6.07) is 6.74. The number of fused-ring (bicyclic) bond motifs is 1. The number of hydrogen-bond acceptors (Lipinski definition) is 3. The van der Waals surface area contributed by atoms with Gasteiger partial charge in [-0.25, -0.2) is 4.39 Å². The van der Waals surface area contributed by atoms with Crippen molar-refractivity contribution in [1.29, 1.82) is 0 Å². The molecule has 1 aromatic carbocycles. The van der Waals surface area contributed by atoms with Crippen LogP contribution in [0.2, 0.25) is 0 Å². The van der Waals surface area contributed by atoms with E-state index in [-0.39, 0.29) is 11.9 Å². The number of benzene rings is 1. The number of amidine groups is 1. The van der Waals surface area contributed by atoms with Crippen LogP contribution in [0, 0.1) is 5.82 Å². The fraction of sp³-hybridized carbons (Fsp3) is 0.182. The summed E-state index contributed by atoms with van der Waals surface area (Å²) >= 11 is 1.64. The highest BCUT2D eigenvalue weighted by Crippen LogP contribution is 2.32. The molecule has 2 nitrogen and oxygen atoms in total. The van der Waals surface area contributed by atoms with Crippen molar-refractivity contribution in [2.75, 3.05) is 6.54 Å². The molecule has 0 saturated heterocycles. The first-order valence-corrected chi connectivity index (χ1v) is 5.64. The Kier molecular flexibility index (Phi) is 2.02. The second kappa shape index (κ2) is 3.38. The van der Waals surface area contributed by atoms with Crippen LogP contribution in [-0.4, -0.2) is 16.6 Å². The largest absolute Gasteiger partial charge is 0.325 e. The molecule has 1 atom stereocenters. The predicted molar refractivity (Wildman–Crippen MR) is 60.0 cm³/mol. The van der Waals surface area contributed by atoms with Gasteiger partial charge in [-0.15, -0.1) is 0 Å². The Labute approximate surface area is 91.5 Å². The van der Waals surface area contributed by atoms with Crippen molar-refractivity contribution in [3.63, 3.8) is 0 Å². The molecular weight excluding hydrogens is 211 g/mol. The fourth-order valence-corrected chi connectivity index (χ4v) is 2.55. The van der Waals surface area contributed by atoms with E-state index < -0.39 is 0 Å². The molecule has 0 spiro atoms. The molecule has 2 heterocycles. The van der Waals surface area contributed by atoms with E-state index in [0.717, 1.165) is 17.3 Å². The average molecular weight is 220 g/mol. The van der Waals surface area contributed by atoms with Gasteiger partial charge in [-0.05, 0) is 23.1 Å². The van der Waals surface area contributed by atoms with Gasteiger partial charge in [0, 0.05) is 6.20 Å². The molecule has 0 aromatic heterocycles. The van der Waals surface area contributed by atoms with Gasteiger partial charge < -0.3 is 4.90 Å². The van der Waals surface area contributed by atoms with Crippen molar-refractivity contribution in [2.24, 2.45) is 4.99 Å². The highest BCUT2D eigenvalue weighted by Gasteiger charge is 2.27. The van der Waals surface area contributed by atoms with Gasteiger partial charge >= 0.3 is 0 Å². The zero-order chi connectivity index (χ0) is 10.3. The molecule has 15 heavy (non-hydrogen) atoms. The van der Waals surface area contributed by atoms with Crippen LogP contribution in [0.1, 0.15) is 11.6 Å². The summed E-state index contributed by atoms with van der Waals surface area (Å²) in [6.07, 6.45) is 2.03. The molecular formula is C11H9FN2S. The van der Waals surface area contributed by atoms with Crippen LogP contribution in [-0.2, 0) is 0 Å². The van der Waals surface area contributed by atoms with E-state index in [4.69, 9.17) is 0 Å². The van der Waals surface area contributed by atoms with Crippen LogP contribution < -0.4 is 0 Å². The fourth-order valence-electron chi connectivity index (χ4n) is 1.77. The number of halogens is 1. The first kappa shape index (κ1) is 8.97. The highest BCUT2D eigenvalue weighted by molar-refractivity contribution is 8.16. The Bertz CT molecular complexity index is 438. The molecule has 2 aliphatic heterocycles. The van der Waals surface area contributed by atoms with Crippen LogP contribution in [0.25, 0.3) is 0 Å². The molecule has 0 amide bonds. The van der Waals surface area contributed by atoms with E-state index in [0.29, 0.717) is 0 Å². The molecule has 4 heteroatoms. The zero-order valence-corrected chi connectivity index (χ0v) is 8.75. The molecule has 76 valence electrons. The summed E-state index contributed by atoms with van der Waals surface area (Å²) in [4.78, 5) is 6.69. The minimum absolute atomic E-state index is 0.151. The molecule has 0 bridgehead atoms. The van der Waals surface area contributed by atoms with Crippen molar-refractivity contribution in [2.45, 2.75) is 6.04 Å². The summed E-state index contributed by atoms with van der Waals surface area (Å²) < 4.78 is 12.7. The zero-order valence-electron chi connectivity index (χ0n) is 7.93. The van der Waals surface area contributed by atoms with Crippen LogP contribution in [0.5, 0.6) is 0 Å². The third-order valence-electron chi connectivity index (χ3n) is 2.55. The Hall–Kier alpha value is -1.29. The van der Waals surface area contributed by atoms with Crippen molar-refractivity contribution < 1.29 is 4.39 Å². The lowest BCUT2D eigenvalue weighted by Crippen LogP contribution is -2.15. The standard InChI is InChI=1S/C11H9FN2S/c12-9-3-1-8(2-4-9)10-7-14-5-6-15-11(14)13-10/h1-6,10H,7H2. The lowest BCUT2D eigenvalue weighted by atomic mass is 10.1. The maximum absolute atomic E-state index is 12.7. The molecule has 1 aromatic rings. The quantitative estimate of drug-likeness (QED) is 0.723. The highest BCUT2D eigenvalue weighted by atomic mass is 32.2. The van der Waals surface area contributed by atoms with E-state index >= 15 is 0 Å². The predicted octanol–water partition coefficient (Wildman–Crippen LogP) is 2.76. The second-order valence-electron chi connectivity index (χ2n) is 3.53. The number of aliphatic imine (C=N–C) groups is 1. The second-order valence-corrected chi connectivity index (χ2v) is 4.41. The summed E-state index contributed by atoms with van der Waals surface area (Å²) in [5, 5.41) is 3.07. The Morgan fingerprint density at radius 3 is 2.87 bits per heavy atom. The van der Waals surface area contributed by atoms with Gasteiger partial charge in [0.2, 0.25) is 0 Å². The van der Waals surface area contributed by atoms with E-state index in [1.807, 2.05) is 11.6 Å². The molecule has 1 unspecified atom stereocenters. The van der Waals surface area contributed by atoms with Crippen LogP contribution in [0.4, 0.5) is 4.39 Å². The summed E-state index contributed by atoms with van der Waals surface area (Å²) in [5.74, 6) is -0.195. The molecule has 3 rings (SSSR count).